The first-order chi connectivity index (χ1) is 9.26. The normalized spacial score (nSPS) is 12.5. The third-order valence-corrected chi connectivity index (χ3v) is 3.17. The van der Waals surface area contributed by atoms with Crippen LogP contribution in [0.3, 0.4) is 0 Å². The Balaban J connectivity index is 2.48. The lowest BCUT2D eigenvalue weighted by atomic mass is 10.0. The lowest BCUT2D eigenvalue weighted by Crippen LogP contribution is -2.34. The van der Waals surface area contributed by atoms with Crippen LogP contribution in [0, 0.1) is 5.82 Å². The van der Waals surface area contributed by atoms with E-state index < -0.39 is 5.60 Å². The monoisotopic (exact) mass is 283 g/mol. The van der Waals surface area contributed by atoms with Gasteiger partial charge in [-0.05, 0) is 52.8 Å². The second-order valence-corrected chi connectivity index (χ2v) is 6.19. The quantitative estimate of drug-likeness (QED) is 0.794. The van der Waals surface area contributed by atoms with Crippen LogP contribution in [0.15, 0.2) is 24.3 Å². The van der Waals surface area contributed by atoms with Gasteiger partial charge >= 0.3 is 0 Å². The van der Waals surface area contributed by atoms with Gasteiger partial charge in [-0.2, -0.15) is 0 Å². The number of ether oxygens (including phenoxy) is 2. The minimum atomic E-state index is -0.485. The molecule has 0 spiro atoms. The Hall–Kier alpha value is -1.13. The van der Waals surface area contributed by atoms with E-state index >= 15 is 0 Å². The summed E-state index contributed by atoms with van der Waals surface area (Å²) in [6, 6.07) is 6.44. The van der Waals surface area contributed by atoms with Crippen LogP contribution in [0.2, 0.25) is 0 Å². The number of hydrogen-bond acceptors (Lipinski definition) is 3. The molecule has 1 aromatic carbocycles. The van der Waals surface area contributed by atoms with Crippen LogP contribution in [0.25, 0.3) is 0 Å². The molecular weight excluding hydrogens is 257 g/mol. The zero-order valence-electron chi connectivity index (χ0n) is 12.9. The maximum absolute atomic E-state index is 13.6. The van der Waals surface area contributed by atoms with Gasteiger partial charge in [-0.25, -0.2) is 4.39 Å². The molecule has 0 aliphatic carbocycles. The lowest BCUT2D eigenvalue weighted by molar-refractivity contribution is -0.0439. The van der Waals surface area contributed by atoms with Crippen LogP contribution in [0.4, 0.5) is 4.39 Å². The van der Waals surface area contributed by atoms with Crippen molar-refractivity contribution in [3.63, 3.8) is 0 Å². The predicted molar refractivity (Wildman–Crippen MR) is 79.4 cm³/mol. The summed E-state index contributed by atoms with van der Waals surface area (Å²) in [4.78, 5) is 0. The molecular formula is C16H26FNO2. The second kappa shape index (κ2) is 7.04. The van der Waals surface area contributed by atoms with Crippen LogP contribution in [-0.4, -0.2) is 24.4 Å². The third kappa shape index (κ3) is 5.88. The number of halogens is 1. The minimum absolute atomic E-state index is 0.233. The minimum Gasteiger partial charge on any atom is -0.485 e. The van der Waals surface area contributed by atoms with Crippen LogP contribution in [-0.2, 0) is 4.74 Å². The van der Waals surface area contributed by atoms with Crippen molar-refractivity contribution in [2.45, 2.75) is 51.7 Å². The predicted octanol–water partition coefficient (Wildman–Crippen LogP) is 3.52. The van der Waals surface area contributed by atoms with Crippen molar-refractivity contribution in [3.05, 3.63) is 30.1 Å². The second-order valence-electron chi connectivity index (χ2n) is 6.19. The van der Waals surface area contributed by atoms with Gasteiger partial charge in [0.15, 0.2) is 11.6 Å². The van der Waals surface area contributed by atoms with E-state index in [4.69, 9.17) is 15.2 Å². The Morgan fingerprint density at radius 2 is 1.70 bits per heavy atom. The van der Waals surface area contributed by atoms with Crippen molar-refractivity contribution in [1.29, 1.82) is 0 Å². The van der Waals surface area contributed by atoms with E-state index in [1.165, 1.54) is 6.07 Å². The summed E-state index contributed by atoms with van der Waals surface area (Å²) < 4.78 is 25.1. The molecule has 0 saturated carbocycles. The van der Waals surface area contributed by atoms with Gasteiger partial charge in [-0.15, -0.1) is 0 Å². The zero-order chi connectivity index (χ0) is 15.2. The molecule has 4 heteroatoms. The summed E-state index contributed by atoms with van der Waals surface area (Å²) >= 11 is 0. The molecule has 0 atom stereocenters. The van der Waals surface area contributed by atoms with E-state index in [1.807, 2.05) is 27.7 Å². The van der Waals surface area contributed by atoms with E-state index in [0.717, 1.165) is 6.42 Å². The number of benzene rings is 1. The van der Waals surface area contributed by atoms with Gasteiger partial charge in [0.05, 0.1) is 12.2 Å². The molecule has 0 unspecified atom stereocenters. The summed E-state index contributed by atoms with van der Waals surface area (Å²) in [5.41, 5.74) is 4.83. The first-order valence-corrected chi connectivity index (χ1v) is 7.03. The van der Waals surface area contributed by atoms with Crippen molar-refractivity contribution < 1.29 is 13.9 Å². The van der Waals surface area contributed by atoms with Crippen LogP contribution < -0.4 is 10.5 Å². The summed E-state index contributed by atoms with van der Waals surface area (Å²) in [6.07, 6.45) is 1.48. The highest BCUT2D eigenvalue weighted by molar-refractivity contribution is 5.24. The molecule has 2 N–H and O–H groups in total. The highest BCUT2D eigenvalue weighted by Crippen LogP contribution is 2.24. The summed E-state index contributed by atoms with van der Waals surface area (Å²) in [7, 11) is 0. The van der Waals surface area contributed by atoms with E-state index in [2.05, 4.69) is 0 Å². The average Bonchev–Trinajstić information content (AvgIpc) is 2.31. The zero-order valence-corrected chi connectivity index (χ0v) is 12.9. The Morgan fingerprint density at radius 1 is 1.05 bits per heavy atom. The molecule has 0 aliphatic rings. The molecule has 0 aromatic heterocycles. The molecule has 0 heterocycles. The first kappa shape index (κ1) is 16.9. The number of para-hydroxylation sites is 1. The number of hydrogen-bond donors (Lipinski definition) is 1. The van der Waals surface area contributed by atoms with Crippen molar-refractivity contribution in [2.24, 2.45) is 5.73 Å². The van der Waals surface area contributed by atoms with Gasteiger partial charge in [0.1, 0.15) is 5.60 Å². The SMILES string of the molecule is CC(C)(CCN)OCCC(C)(C)Oc1ccccc1F. The molecule has 0 bridgehead atoms. The molecule has 1 aromatic rings. The van der Waals surface area contributed by atoms with Crippen molar-refractivity contribution in [2.75, 3.05) is 13.2 Å². The van der Waals surface area contributed by atoms with E-state index in [-0.39, 0.29) is 17.2 Å². The third-order valence-electron chi connectivity index (χ3n) is 3.17. The molecule has 3 nitrogen and oxygen atoms in total. The molecule has 0 amide bonds. The standard InChI is InChI=1S/C16H26FNO2/c1-15(2,9-11-18)19-12-10-16(3,4)20-14-8-6-5-7-13(14)17/h5-8H,9-12,18H2,1-4H3. The van der Waals surface area contributed by atoms with Crippen LogP contribution in [0.5, 0.6) is 5.75 Å². The molecule has 0 saturated heterocycles. The van der Waals surface area contributed by atoms with Gasteiger partial charge in [0, 0.05) is 6.42 Å². The van der Waals surface area contributed by atoms with Crippen molar-refractivity contribution in [1.82, 2.24) is 0 Å². The largest absolute Gasteiger partial charge is 0.485 e. The first-order valence-electron chi connectivity index (χ1n) is 7.03. The lowest BCUT2D eigenvalue weighted by Gasteiger charge is -2.30. The molecule has 0 aliphatic heterocycles. The summed E-state index contributed by atoms with van der Waals surface area (Å²) in [5.74, 6) is -0.0660. The maximum Gasteiger partial charge on any atom is 0.165 e. The maximum atomic E-state index is 13.6. The fourth-order valence-corrected chi connectivity index (χ4v) is 1.87. The van der Waals surface area contributed by atoms with Crippen LogP contribution in [0.1, 0.15) is 40.5 Å². The van der Waals surface area contributed by atoms with Crippen molar-refractivity contribution >= 4 is 0 Å². The number of nitrogens with two attached hydrogens (primary N) is 1. The van der Waals surface area contributed by atoms with Gasteiger partial charge in [-0.1, -0.05) is 12.1 Å². The molecule has 0 radical (unpaired) electrons. The van der Waals surface area contributed by atoms with Crippen LogP contribution >= 0.6 is 0 Å². The highest BCUT2D eigenvalue weighted by atomic mass is 19.1. The fourth-order valence-electron chi connectivity index (χ4n) is 1.87. The van der Waals surface area contributed by atoms with E-state index in [9.17, 15) is 4.39 Å². The van der Waals surface area contributed by atoms with Gasteiger partial charge in [0.25, 0.3) is 0 Å². The Kier molecular flexibility index (Phi) is 5.96. The molecule has 114 valence electrons. The van der Waals surface area contributed by atoms with Gasteiger partial charge in [0.2, 0.25) is 0 Å². The fraction of sp³-hybridized carbons (Fsp3) is 0.625. The summed E-state index contributed by atoms with van der Waals surface area (Å²) in [6.45, 7) is 9.04. The van der Waals surface area contributed by atoms with E-state index in [0.29, 0.717) is 19.6 Å². The van der Waals surface area contributed by atoms with Gasteiger partial charge < -0.3 is 15.2 Å². The smallest absolute Gasteiger partial charge is 0.165 e. The van der Waals surface area contributed by atoms with E-state index in [1.54, 1.807) is 18.2 Å². The average molecular weight is 283 g/mol. The Labute approximate surface area is 121 Å². The van der Waals surface area contributed by atoms with Gasteiger partial charge in [-0.3, -0.25) is 0 Å². The summed E-state index contributed by atoms with van der Waals surface area (Å²) in [5, 5.41) is 0. The highest BCUT2D eigenvalue weighted by Gasteiger charge is 2.24. The molecule has 0 fully saturated rings. The van der Waals surface area contributed by atoms with Crippen molar-refractivity contribution in [3.8, 4) is 5.75 Å². The molecule has 1 rings (SSSR count). The number of rotatable bonds is 8. The topological polar surface area (TPSA) is 44.5 Å². The Bertz CT molecular complexity index is 419. The molecule has 20 heavy (non-hydrogen) atoms. The Morgan fingerprint density at radius 3 is 2.30 bits per heavy atom.